The van der Waals surface area contributed by atoms with Gasteiger partial charge < -0.3 is 10.4 Å². The Morgan fingerprint density at radius 2 is 1.79 bits per heavy atom. The minimum atomic E-state index is -0.806. The molecule has 0 spiro atoms. The van der Waals surface area contributed by atoms with Crippen molar-refractivity contribution >= 4 is 11.9 Å². The Kier molecular flexibility index (Phi) is 3.60. The van der Waals surface area contributed by atoms with E-state index in [1.807, 2.05) is 32.0 Å². The number of hydrogen-bond acceptors (Lipinski definition) is 2. The molecule has 1 aliphatic carbocycles. The number of carboxylic acid groups (broad SMARTS) is 1. The van der Waals surface area contributed by atoms with Gasteiger partial charge in [0.05, 0.1) is 5.41 Å². The third-order valence-electron chi connectivity index (χ3n) is 3.84. The Balaban J connectivity index is 2.03. The summed E-state index contributed by atoms with van der Waals surface area (Å²) in [5.41, 5.74) is 1.91. The molecule has 2 N–H and O–H groups in total. The van der Waals surface area contributed by atoms with Crippen LogP contribution in [0.25, 0.3) is 0 Å². The van der Waals surface area contributed by atoms with Crippen LogP contribution in [0.5, 0.6) is 0 Å². The minimum Gasteiger partial charge on any atom is -0.481 e. The molecule has 1 aromatic carbocycles. The van der Waals surface area contributed by atoms with E-state index >= 15 is 0 Å². The van der Waals surface area contributed by atoms with Crippen LogP contribution in [-0.4, -0.2) is 23.5 Å². The number of amides is 1. The molecule has 1 aromatic rings. The van der Waals surface area contributed by atoms with Crippen molar-refractivity contribution in [1.29, 1.82) is 0 Å². The molecule has 1 amide bonds. The molecule has 4 nitrogen and oxygen atoms in total. The van der Waals surface area contributed by atoms with Gasteiger partial charge in [-0.3, -0.25) is 9.59 Å². The Hall–Kier alpha value is -1.84. The summed E-state index contributed by atoms with van der Waals surface area (Å²) in [4.78, 5) is 23.3. The average molecular weight is 261 g/mol. The summed E-state index contributed by atoms with van der Waals surface area (Å²) < 4.78 is 0. The van der Waals surface area contributed by atoms with Gasteiger partial charge in [0.25, 0.3) is 5.91 Å². The van der Waals surface area contributed by atoms with Crippen molar-refractivity contribution in [3.8, 4) is 0 Å². The van der Waals surface area contributed by atoms with Crippen molar-refractivity contribution in [3.05, 3.63) is 34.9 Å². The number of rotatable bonds is 4. The van der Waals surface area contributed by atoms with E-state index < -0.39 is 11.4 Å². The third kappa shape index (κ3) is 2.78. The molecule has 102 valence electrons. The van der Waals surface area contributed by atoms with Crippen molar-refractivity contribution in [2.75, 3.05) is 6.54 Å². The van der Waals surface area contributed by atoms with Crippen LogP contribution in [0.15, 0.2) is 18.2 Å². The van der Waals surface area contributed by atoms with Crippen molar-refractivity contribution in [1.82, 2.24) is 5.32 Å². The standard InChI is InChI=1S/C15H19NO3/c1-10-6-11(2)8-12(7-10)13(17)16-9-15(14(18)19)4-3-5-15/h6-8H,3-5,9H2,1-2H3,(H,16,17)(H,18,19). The second-order valence-electron chi connectivity index (χ2n) is 5.50. The Bertz CT molecular complexity index is 498. The zero-order valence-corrected chi connectivity index (χ0v) is 11.3. The van der Waals surface area contributed by atoms with E-state index in [9.17, 15) is 14.7 Å². The molecule has 0 bridgehead atoms. The second kappa shape index (κ2) is 5.03. The first-order valence-electron chi connectivity index (χ1n) is 6.53. The van der Waals surface area contributed by atoms with Gasteiger partial charge in [-0.1, -0.05) is 23.6 Å². The number of benzene rings is 1. The number of nitrogens with one attached hydrogen (secondary N) is 1. The van der Waals surface area contributed by atoms with Crippen molar-refractivity contribution in [2.24, 2.45) is 5.41 Å². The number of carbonyl (C=O) groups excluding carboxylic acids is 1. The van der Waals surface area contributed by atoms with Crippen LogP contribution < -0.4 is 5.32 Å². The fraction of sp³-hybridized carbons (Fsp3) is 0.467. The highest BCUT2D eigenvalue weighted by Gasteiger charge is 2.44. The van der Waals surface area contributed by atoms with Gasteiger partial charge in [-0.25, -0.2) is 0 Å². The Morgan fingerprint density at radius 3 is 2.21 bits per heavy atom. The van der Waals surface area contributed by atoms with E-state index in [0.29, 0.717) is 18.4 Å². The van der Waals surface area contributed by atoms with Crippen LogP contribution in [0.4, 0.5) is 0 Å². The van der Waals surface area contributed by atoms with Crippen LogP contribution >= 0.6 is 0 Å². The highest BCUT2D eigenvalue weighted by Crippen LogP contribution is 2.40. The topological polar surface area (TPSA) is 66.4 Å². The van der Waals surface area contributed by atoms with Gasteiger partial charge in [0.1, 0.15) is 0 Å². The van der Waals surface area contributed by atoms with Crippen molar-refractivity contribution in [3.63, 3.8) is 0 Å². The van der Waals surface area contributed by atoms with E-state index in [2.05, 4.69) is 5.32 Å². The molecule has 4 heteroatoms. The van der Waals surface area contributed by atoms with Crippen LogP contribution in [-0.2, 0) is 4.79 Å². The lowest BCUT2D eigenvalue weighted by Crippen LogP contribution is -2.47. The molecule has 0 aliphatic heterocycles. The summed E-state index contributed by atoms with van der Waals surface area (Å²) in [5, 5.41) is 12.0. The zero-order chi connectivity index (χ0) is 14.0. The molecule has 1 aliphatic rings. The van der Waals surface area contributed by atoms with Gasteiger partial charge in [0.15, 0.2) is 0 Å². The molecule has 19 heavy (non-hydrogen) atoms. The van der Waals surface area contributed by atoms with Gasteiger partial charge in [0, 0.05) is 12.1 Å². The summed E-state index contributed by atoms with van der Waals surface area (Å²) in [6.07, 6.45) is 2.22. The molecule has 1 fully saturated rings. The molecular weight excluding hydrogens is 242 g/mol. The zero-order valence-electron chi connectivity index (χ0n) is 11.3. The monoisotopic (exact) mass is 261 g/mol. The second-order valence-corrected chi connectivity index (χ2v) is 5.50. The SMILES string of the molecule is Cc1cc(C)cc(C(=O)NCC2(C(=O)O)CCC2)c1. The molecule has 1 saturated carbocycles. The number of hydrogen-bond donors (Lipinski definition) is 2. The first kappa shape index (κ1) is 13.6. The highest BCUT2D eigenvalue weighted by atomic mass is 16.4. The number of carbonyl (C=O) groups is 2. The normalized spacial score (nSPS) is 16.5. The van der Waals surface area contributed by atoms with Crippen molar-refractivity contribution in [2.45, 2.75) is 33.1 Å². The predicted octanol–water partition coefficient (Wildman–Crippen LogP) is 2.29. The fourth-order valence-corrected chi connectivity index (χ4v) is 2.53. The average Bonchev–Trinajstić information content (AvgIpc) is 2.25. The van der Waals surface area contributed by atoms with E-state index in [4.69, 9.17) is 0 Å². The number of carboxylic acids is 1. The summed E-state index contributed by atoms with van der Waals surface area (Å²) in [5.74, 6) is -1.00. The maximum atomic E-state index is 12.1. The van der Waals surface area contributed by atoms with Gasteiger partial charge in [-0.2, -0.15) is 0 Å². The first-order valence-corrected chi connectivity index (χ1v) is 6.53. The maximum Gasteiger partial charge on any atom is 0.311 e. The van der Waals surface area contributed by atoms with E-state index in [0.717, 1.165) is 17.5 Å². The highest BCUT2D eigenvalue weighted by molar-refractivity contribution is 5.95. The van der Waals surface area contributed by atoms with Gasteiger partial charge in [0.2, 0.25) is 0 Å². The van der Waals surface area contributed by atoms with Gasteiger partial charge >= 0.3 is 5.97 Å². The lowest BCUT2D eigenvalue weighted by Gasteiger charge is -2.37. The van der Waals surface area contributed by atoms with E-state index in [1.54, 1.807) is 0 Å². The van der Waals surface area contributed by atoms with Crippen LogP contribution in [0.2, 0.25) is 0 Å². The summed E-state index contributed by atoms with van der Waals surface area (Å²) >= 11 is 0. The molecule has 0 aromatic heterocycles. The molecular formula is C15H19NO3. The first-order chi connectivity index (χ1) is 8.93. The maximum absolute atomic E-state index is 12.1. The van der Waals surface area contributed by atoms with Crippen LogP contribution in [0.3, 0.4) is 0 Å². The molecule has 0 heterocycles. The van der Waals surface area contributed by atoms with Gasteiger partial charge in [-0.05, 0) is 38.8 Å². The van der Waals surface area contributed by atoms with Crippen LogP contribution in [0.1, 0.15) is 40.7 Å². The quantitative estimate of drug-likeness (QED) is 0.874. The third-order valence-corrected chi connectivity index (χ3v) is 3.84. The molecule has 0 radical (unpaired) electrons. The minimum absolute atomic E-state index is 0.195. The lowest BCUT2D eigenvalue weighted by atomic mass is 9.69. The van der Waals surface area contributed by atoms with E-state index in [-0.39, 0.29) is 12.5 Å². The number of aliphatic carboxylic acids is 1. The van der Waals surface area contributed by atoms with Gasteiger partial charge in [-0.15, -0.1) is 0 Å². The van der Waals surface area contributed by atoms with E-state index in [1.165, 1.54) is 0 Å². The predicted molar refractivity (Wildman–Crippen MR) is 72.2 cm³/mol. The molecule has 2 rings (SSSR count). The Labute approximate surface area is 112 Å². The smallest absolute Gasteiger partial charge is 0.311 e. The fourth-order valence-electron chi connectivity index (χ4n) is 2.53. The Morgan fingerprint density at radius 1 is 1.21 bits per heavy atom. The number of aryl methyl sites for hydroxylation is 2. The largest absolute Gasteiger partial charge is 0.481 e. The van der Waals surface area contributed by atoms with Crippen molar-refractivity contribution < 1.29 is 14.7 Å². The summed E-state index contributed by atoms with van der Waals surface area (Å²) in [6.45, 7) is 4.09. The molecule has 0 atom stereocenters. The lowest BCUT2D eigenvalue weighted by molar-refractivity contribution is -0.153. The summed E-state index contributed by atoms with van der Waals surface area (Å²) in [7, 11) is 0. The molecule has 0 unspecified atom stereocenters. The summed E-state index contributed by atoms with van der Waals surface area (Å²) in [6, 6.07) is 5.63. The molecule has 0 saturated heterocycles. The van der Waals surface area contributed by atoms with Crippen LogP contribution in [0, 0.1) is 19.3 Å².